The molecular formula is C20H33FIN3O3. The molecule has 0 aromatic heterocycles. The van der Waals surface area contributed by atoms with Crippen LogP contribution in [0.25, 0.3) is 0 Å². The second-order valence-electron chi connectivity index (χ2n) is 6.95. The Morgan fingerprint density at radius 2 is 2.07 bits per heavy atom. The van der Waals surface area contributed by atoms with Crippen molar-refractivity contribution < 1.29 is 19.0 Å². The first kappa shape index (κ1) is 24.9. The van der Waals surface area contributed by atoms with Crippen LogP contribution in [0.2, 0.25) is 0 Å². The number of nitrogens with one attached hydrogen (secondary N) is 2. The number of aliphatic hydroxyl groups excluding tert-OH is 1. The van der Waals surface area contributed by atoms with Crippen molar-refractivity contribution in [2.45, 2.75) is 39.2 Å². The molecule has 0 radical (unpaired) electrons. The molecule has 1 aromatic carbocycles. The van der Waals surface area contributed by atoms with E-state index < -0.39 is 0 Å². The average Bonchev–Trinajstić information content (AvgIpc) is 2.69. The summed E-state index contributed by atoms with van der Waals surface area (Å²) < 4.78 is 24.6. The van der Waals surface area contributed by atoms with E-state index >= 15 is 0 Å². The van der Waals surface area contributed by atoms with Crippen LogP contribution in [0.1, 0.15) is 33.1 Å². The van der Waals surface area contributed by atoms with Gasteiger partial charge < -0.3 is 25.2 Å². The van der Waals surface area contributed by atoms with Crippen molar-refractivity contribution in [1.82, 2.24) is 10.6 Å². The summed E-state index contributed by atoms with van der Waals surface area (Å²) >= 11 is 0. The van der Waals surface area contributed by atoms with Crippen LogP contribution in [-0.4, -0.2) is 56.6 Å². The van der Waals surface area contributed by atoms with Gasteiger partial charge in [-0.2, -0.15) is 0 Å². The maximum absolute atomic E-state index is 13.3. The summed E-state index contributed by atoms with van der Waals surface area (Å²) in [6, 6.07) is 6.17. The van der Waals surface area contributed by atoms with Crippen molar-refractivity contribution >= 4 is 29.9 Å². The Kier molecular flexibility index (Phi) is 11.7. The molecular weight excluding hydrogens is 476 g/mol. The number of aliphatic hydroxyl groups is 1. The third-order valence-electron chi connectivity index (χ3n) is 4.86. The lowest BCUT2D eigenvalue weighted by molar-refractivity contribution is -0.0106. The number of halogens is 2. The molecule has 1 unspecified atom stereocenters. The summed E-state index contributed by atoms with van der Waals surface area (Å²) in [5, 5.41) is 16.3. The maximum atomic E-state index is 13.3. The molecule has 0 amide bonds. The van der Waals surface area contributed by atoms with Crippen LogP contribution in [0, 0.1) is 11.2 Å². The van der Waals surface area contributed by atoms with Gasteiger partial charge in [0.2, 0.25) is 0 Å². The van der Waals surface area contributed by atoms with Crippen LogP contribution in [0.15, 0.2) is 29.3 Å². The third-order valence-corrected chi connectivity index (χ3v) is 4.86. The van der Waals surface area contributed by atoms with Crippen LogP contribution in [0.5, 0.6) is 5.75 Å². The molecule has 1 aromatic rings. The standard InChI is InChI=1S/C20H32FN3O3.HI/c1-3-17(27-18-7-5-6-16(21)12-18)13-23-19(22-4-2)24-14-20(15-25)8-10-26-11-9-20;/h5-7,12,17,25H,3-4,8-11,13-15H2,1-2H3,(H2,22,23,24);1H. The molecule has 0 spiro atoms. The smallest absolute Gasteiger partial charge is 0.191 e. The number of hydrogen-bond donors (Lipinski definition) is 3. The molecule has 1 fully saturated rings. The average molecular weight is 509 g/mol. The Morgan fingerprint density at radius 3 is 2.68 bits per heavy atom. The molecule has 160 valence electrons. The normalized spacial score (nSPS) is 17.4. The number of aliphatic imine (C=N–C) groups is 1. The Bertz CT molecular complexity index is 598. The summed E-state index contributed by atoms with van der Waals surface area (Å²) in [7, 11) is 0. The second kappa shape index (κ2) is 13.2. The second-order valence-corrected chi connectivity index (χ2v) is 6.95. The molecule has 3 N–H and O–H groups in total. The van der Waals surface area contributed by atoms with E-state index in [4.69, 9.17) is 9.47 Å². The molecule has 1 atom stereocenters. The minimum absolute atomic E-state index is 0. The van der Waals surface area contributed by atoms with Crippen molar-refractivity contribution in [2.24, 2.45) is 10.4 Å². The largest absolute Gasteiger partial charge is 0.489 e. The molecule has 1 aliphatic rings. The van der Waals surface area contributed by atoms with Crippen molar-refractivity contribution in [3.8, 4) is 5.75 Å². The minimum Gasteiger partial charge on any atom is -0.489 e. The first-order valence-corrected chi connectivity index (χ1v) is 9.74. The molecule has 6 nitrogen and oxygen atoms in total. The molecule has 28 heavy (non-hydrogen) atoms. The monoisotopic (exact) mass is 509 g/mol. The summed E-state index contributed by atoms with van der Waals surface area (Å²) in [6.45, 7) is 7.31. The number of hydrogen-bond acceptors (Lipinski definition) is 4. The zero-order valence-corrected chi connectivity index (χ0v) is 19.1. The lowest BCUT2D eigenvalue weighted by atomic mass is 9.81. The van der Waals surface area contributed by atoms with E-state index in [1.165, 1.54) is 12.1 Å². The zero-order valence-electron chi connectivity index (χ0n) is 16.7. The van der Waals surface area contributed by atoms with Gasteiger partial charge in [0.05, 0.1) is 19.7 Å². The predicted molar refractivity (Wildman–Crippen MR) is 120 cm³/mol. The van der Waals surface area contributed by atoms with Gasteiger partial charge in [0.1, 0.15) is 17.7 Å². The van der Waals surface area contributed by atoms with Gasteiger partial charge in [-0.1, -0.05) is 13.0 Å². The van der Waals surface area contributed by atoms with E-state index in [2.05, 4.69) is 15.6 Å². The molecule has 1 heterocycles. The predicted octanol–water partition coefficient (Wildman–Crippen LogP) is 2.95. The van der Waals surface area contributed by atoms with Gasteiger partial charge in [-0.05, 0) is 38.3 Å². The lowest BCUT2D eigenvalue weighted by Gasteiger charge is -2.34. The van der Waals surface area contributed by atoms with Crippen LogP contribution >= 0.6 is 24.0 Å². The van der Waals surface area contributed by atoms with Gasteiger partial charge >= 0.3 is 0 Å². The first-order chi connectivity index (χ1) is 13.1. The number of benzene rings is 1. The van der Waals surface area contributed by atoms with E-state index in [-0.39, 0.29) is 47.9 Å². The summed E-state index contributed by atoms with van der Waals surface area (Å²) in [6.07, 6.45) is 2.30. The van der Waals surface area contributed by atoms with E-state index in [0.29, 0.717) is 38.0 Å². The highest BCUT2D eigenvalue weighted by Crippen LogP contribution is 2.30. The number of nitrogens with zero attached hydrogens (tertiary/aromatic N) is 1. The maximum Gasteiger partial charge on any atom is 0.191 e. The fourth-order valence-electron chi connectivity index (χ4n) is 2.97. The van der Waals surface area contributed by atoms with Crippen molar-refractivity contribution in [1.29, 1.82) is 0 Å². The topological polar surface area (TPSA) is 75.1 Å². The zero-order chi connectivity index (χ0) is 19.5. The van der Waals surface area contributed by atoms with Crippen molar-refractivity contribution in [2.75, 3.05) is 39.5 Å². The number of guanidine groups is 1. The van der Waals surface area contributed by atoms with Crippen LogP contribution in [0.3, 0.4) is 0 Å². The minimum atomic E-state index is -0.309. The van der Waals surface area contributed by atoms with E-state index in [1.807, 2.05) is 13.8 Å². The summed E-state index contributed by atoms with van der Waals surface area (Å²) in [5.74, 6) is 0.904. The van der Waals surface area contributed by atoms with Gasteiger partial charge in [0, 0.05) is 31.2 Å². The van der Waals surface area contributed by atoms with Crippen molar-refractivity contribution in [3.05, 3.63) is 30.1 Å². The first-order valence-electron chi connectivity index (χ1n) is 9.74. The Hall–Kier alpha value is -1.13. The highest BCUT2D eigenvalue weighted by Gasteiger charge is 2.31. The van der Waals surface area contributed by atoms with E-state index in [1.54, 1.807) is 12.1 Å². The molecule has 1 saturated heterocycles. The van der Waals surface area contributed by atoms with E-state index in [0.717, 1.165) is 25.8 Å². The van der Waals surface area contributed by atoms with Gasteiger partial charge in [-0.25, -0.2) is 4.39 Å². The highest BCUT2D eigenvalue weighted by atomic mass is 127. The Morgan fingerprint density at radius 1 is 1.32 bits per heavy atom. The summed E-state index contributed by atoms with van der Waals surface area (Å²) in [4.78, 5) is 4.67. The van der Waals surface area contributed by atoms with Crippen molar-refractivity contribution in [3.63, 3.8) is 0 Å². The van der Waals surface area contributed by atoms with Gasteiger partial charge in [-0.3, -0.25) is 4.99 Å². The van der Waals surface area contributed by atoms with Crippen LogP contribution < -0.4 is 15.4 Å². The lowest BCUT2D eigenvalue weighted by Crippen LogP contribution is -2.44. The third kappa shape index (κ3) is 8.08. The number of ether oxygens (including phenoxy) is 2. The molecule has 0 saturated carbocycles. The Balaban J connectivity index is 0.00000392. The quantitative estimate of drug-likeness (QED) is 0.271. The van der Waals surface area contributed by atoms with E-state index in [9.17, 15) is 9.50 Å². The molecule has 1 aliphatic heterocycles. The summed E-state index contributed by atoms with van der Waals surface area (Å²) in [5.41, 5.74) is -0.206. The molecule has 8 heteroatoms. The highest BCUT2D eigenvalue weighted by molar-refractivity contribution is 14.0. The van der Waals surface area contributed by atoms with Gasteiger partial charge in [0.15, 0.2) is 5.96 Å². The SMILES string of the molecule is CCNC(=NCC1(CO)CCOCC1)NCC(CC)Oc1cccc(F)c1.I. The van der Waals surface area contributed by atoms with Gasteiger partial charge in [0.25, 0.3) is 0 Å². The van der Waals surface area contributed by atoms with Gasteiger partial charge in [-0.15, -0.1) is 24.0 Å². The van der Waals surface area contributed by atoms with Crippen LogP contribution in [-0.2, 0) is 4.74 Å². The molecule has 2 rings (SSSR count). The fraction of sp³-hybridized carbons (Fsp3) is 0.650. The number of rotatable bonds is 9. The Labute approximate surface area is 184 Å². The van der Waals surface area contributed by atoms with Crippen LogP contribution in [0.4, 0.5) is 4.39 Å². The fourth-order valence-corrected chi connectivity index (χ4v) is 2.97. The molecule has 0 aliphatic carbocycles. The molecule has 0 bridgehead atoms.